The lowest BCUT2D eigenvalue weighted by Crippen LogP contribution is -2.56. The molecule has 30 heavy (non-hydrogen) atoms. The molecule has 0 fully saturated rings. The molecular formula is C17H31N5O7S. The molecule has 3 atom stereocenters. The van der Waals surface area contributed by atoms with Crippen LogP contribution in [0.3, 0.4) is 0 Å². The van der Waals surface area contributed by atoms with E-state index in [1.54, 1.807) is 0 Å². The van der Waals surface area contributed by atoms with Crippen LogP contribution in [0.25, 0.3) is 0 Å². The van der Waals surface area contributed by atoms with Gasteiger partial charge in [0.05, 0.1) is 12.5 Å². The van der Waals surface area contributed by atoms with Crippen molar-refractivity contribution in [2.24, 2.45) is 11.5 Å². The van der Waals surface area contributed by atoms with Gasteiger partial charge in [-0.2, -0.15) is 11.8 Å². The van der Waals surface area contributed by atoms with E-state index >= 15 is 0 Å². The van der Waals surface area contributed by atoms with Crippen molar-refractivity contribution < 1.29 is 34.2 Å². The molecule has 13 heteroatoms. The van der Waals surface area contributed by atoms with Gasteiger partial charge in [-0.15, -0.1) is 0 Å². The summed E-state index contributed by atoms with van der Waals surface area (Å²) >= 11 is 1.48. The number of thioether (sulfide) groups is 1. The van der Waals surface area contributed by atoms with Gasteiger partial charge in [-0.25, -0.2) is 0 Å². The Morgan fingerprint density at radius 3 is 2.07 bits per heavy atom. The van der Waals surface area contributed by atoms with Crippen LogP contribution in [-0.2, 0) is 24.0 Å². The average Bonchev–Trinajstić information content (AvgIpc) is 2.68. The summed E-state index contributed by atoms with van der Waals surface area (Å²) < 4.78 is 0. The lowest BCUT2D eigenvalue weighted by atomic mass is 10.1. The Bertz CT molecular complexity index is 605. The van der Waals surface area contributed by atoms with Gasteiger partial charge in [0.15, 0.2) is 0 Å². The highest BCUT2D eigenvalue weighted by Gasteiger charge is 2.29. The van der Waals surface area contributed by atoms with Crippen LogP contribution >= 0.6 is 11.8 Å². The van der Waals surface area contributed by atoms with E-state index in [-0.39, 0.29) is 6.42 Å². The quantitative estimate of drug-likeness (QED) is 0.127. The number of nitrogens with one attached hydrogen (secondary N) is 3. The second-order valence-electron chi connectivity index (χ2n) is 6.50. The fraction of sp³-hybridized carbons (Fsp3) is 0.706. The Labute approximate surface area is 178 Å². The molecule has 0 aliphatic rings. The highest BCUT2D eigenvalue weighted by atomic mass is 32.2. The zero-order valence-corrected chi connectivity index (χ0v) is 17.7. The zero-order valence-electron chi connectivity index (χ0n) is 16.9. The molecule has 0 radical (unpaired) electrons. The van der Waals surface area contributed by atoms with Gasteiger partial charge >= 0.3 is 11.9 Å². The van der Waals surface area contributed by atoms with E-state index < -0.39 is 60.8 Å². The van der Waals surface area contributed by atoms with Crippen molar-refractivity contribution in [3.8, 4) is 0 Å². The Morgan fingerprint density at radius 1 is 0.900 bits per heavy atom. The first-order valence-corrected chi connectivity index (χ1v) is 10.8. The molecule has 0 spiro atoms. The highest BCUT2D eigenvalue weighted by molar-refractivity contribution is 7.98. The average molecular weight is 450 g/mol. The van der Waals surface area contributed by atoms with E-state index in [4.69, 9.17) is 21.7 Å². The van der Waals surface area contributed by atoms with Crippen molar-refractivity contribution in [2.75, 3.05) is 25.1 Å². The Hall–Kier alpha value is -2.38. The number of carboxylic acids is 2. The minimum Gasteiger partial charge on any atom is -0.481 e. The predicted octanol–water partition coefficient (Wildman–Crippen LogP) is -2.16. The number of hydrogen-bond donors (Lipinski definition) is 7. The van der Waals surface area contributed by atoms with Gasteiger partial charge in [-0.3, -0.25) is 24.0 Å². The first-order chi connectivity index (χ1) is 14.1. The van der Waals surface area contributed by atoms with Crippen LogP contribution in [0, 0.1) is 0 Å². The third-order valence-corrected chi connectivity index (χ3v) is 4.62. The molecule has 3 unspecified atom stereocenters. The molecule has 0 saturated carbocycles. The molecule has 0 rings (SSSR count). The summed E-state index contributed by atoms with van der Waals surface area (Å²) in [6, 6.07) is -3.47. The van der Waals surface area contributed by atoms with Crippen molar-refractivity contribution in [1.82, 2.24) is 16.0 Å². The molecule has 3 amide bonds. The van der Waals surface area contributed by atoms with E-state index in [1.165, 1.54) is 11.8 Å². The molecule has 0 aromatic carbocycles. The van der Waals surface area contributed by atoms with E-state index in [1.807, 2.05) is 6.26 Å². The third kappa shape index (κ3) is 12.2. The maximum absolute atomic E-state index is 12.6. The lowest BCUT2D eigenvalue weighted by Gasteiger charge is -2.23. The number of nitrogens with two attached hydrogens (primary N) is 2. The van der Waals surface area contributed by atoms with Gasteiger partial charge in [0.1, 0.15) is 18.6 Å². The smallest absolute Gasteiger partial charge is 0.322 e. The minimum absolute atomic E-state index is 0.162. The van der Waals surface area contributed by atoms with Gasteiger partial charge in [0.25, 0.3) is 0 Å². The molecule has 9 N–H and O–H groups in total. The Kier molecular flexibility index (Phi) is 14.2. The van der Waals surface area contributed by atoms with Gasteiger partial charge in [0.2, 0.25) is 17.7 Å². The fourth-order valence-corrected chi connectivity index (χ4v) is 2.85. The molecular weight excluding hydrogens is 418 g/mol. The second kappa shape index (κ2) is 15.5. The van der Waals surface area contributed by atoms with Crippen LogP contribution in [0.1, 0.15) is 32.1 Å². The van der Waals surface area contributed by atoms with Crippen molar-refractivity contribution in [1.29, 1.82) is 0 Å². The zero-order chi connectivity index (χ0) is 23.1. The first kappa shape index (κ1) is 27.6. The standard InChI is InChI=1S/C17H31N5O7S/c1-30-7-5-10(19)15(27)22-12(8-13(23)24)17(29)21-11(4-2-3-6-18)16(28)20-9-14(25)26/h10-12H,2-9,18-19H2,1H3,(H,20,28)(H,21,29)(H,22,27)(H,23,24)(H,25,26). The first-order valence-electron chi connectivity index (χ1n) is 9.39. The number of rotatable bonds is 16. The summed E-state index contributed by atoms with van der Waals surface area (Å²) in [7, 11) is 0. The van der Waals surface area contributed by atoms with Gasteiger partial charge in [-0.1, -0.05) is 0 Å². The van der Waals surface area contributed by atoms with Crippen LogP contribution in [0.15, 0.2) is 0 Å². The molecule has 0 saturated heterocycles. The van der Waals surface area contributed by atoms with Crippen LogP contribution in [0.5, 0.6) is 0 Å². The van der Waals surface area contributed by atoms with E-state index in [0.29, 0.717) is 31.6 Å². The SMILES string of the molecule is CSCCC(N)C(=O)NC(CC(=O)O)C(=O)NC(CCCCN)C(=O)NCC(=O)O. The fourth-order valence-electron chi connectivity index (χ4n) is 2.36. The molecule has 0 aliphatic carbocycles. The van der Waals surface area contributed by atoms with Crippen molar-refractivity contribution >= 4 is 41.4 Å². The monoisotopic (exact) mass is 449 g/mol. The minimum atomic E-state index is -1.44. The summed E-state index contributed by atoms with van der Waals surface area (Å²) in [6.07, 6.45) is 2.67. The molecule has 0 aromatic rings. The van der Waals surface area contributed by atoms with Crippen LogP contribution < -0.4 is 27.4 Å². The summed E-state index contributed by atoms with van der Waals surface area (Å²) in [5, 5.41) is 24.6. The van der Waals surface area contributed by atoms with Gasteiger partial charge < -0.3 is 37.6 Å². The van der Waals surface area contributed by atoms with E-state index in [2.05, 4.69) is 16.0 Å². The number of hydrogen-bond acceptors (Lipinski definition) is 8. The summed E-state index contributed by atoms with van der Waals surface area (Å²) in [5.41, 5.74) is 11.2. The number of unbranched alkanes of at least 4 members (excludes halogenated alkanes) is 1. The maximum Gasteiger partial charge on any atom is 0.322 e. The Balaban J connectivity index is 5.19. The lowest BCUT2D eigenvalue weighted by molar-refractivity contribution is -0.141. The summed E-state index contributed by atoms with van der Waals surface area (Å²) in [6.45, 7) is -0.273. The maximum atomic E-state index is 12.6. The van der Waals surface area contributed by atoms with Gasteiger partial charge in [0, 0.05) is 0 Å². The summed E-state index contributed by atoms with van der Waals surface area (Å²) in [5.74, 6) is -4.28. The van der Waals surface area contributed by atoms with Crippen LogP contribution in [0.2, 0.25) is 0 Å². The number of aliphatic carboxylic acids is 2. The molecule has 172 valence electrons. The largest absolute Gasteiger partial charge is 0.481 e. The molecule has 12 nitrogen and oxygen atoms in total. The second-order valence-corrected chi connectivity index (χ2v) is 7.49. The topological polar surface area (TPSA) is 214 Å². The molecule has 0 aliphatic heterocycles. The van der Waals surface area contributed by atoms with Crippen molar-refractivity contribution in [2.45, 2.75) is 50.2 Å². The Morgan fingerprint density at radius 2 is 1.53 bits per heavy atom. The van der Waals surface area contributed by atoms with Crippen molar-refractivity contribution in [3.05, 3.63) is 0 Å². The number of amides is 3. The molecule has 0 heterocycles. The van der Waals surface area contributed by atoms with Gasteiger partial charge in [-0.05, 0) is 44.2 Å². The number of carbonyl (C=O) groups is 5. The third-order valence-electron chi connectivity index (χ3n) is 3.98. The normalized spacial score (nSPS) is 13.6. The van der Waals surface area contributed by atoms with E-state index in [9.17, 15) is 24.0 Å². The number of carboxylic acid groups (broad SMARTS) is 2. The highest BCUT2D eigenvalue weighted by Crippen LogP contribution is 2.04. The predicted molar refractivity (Wildman–Crippen MR) is 111 cm³/mol. The molecule has 0 aromatic heterocycles. The van der Waals surface area contributed by atoms with E-state index in [0.717, 1.165) is 0 Å². The van der Waals surface area contributed by atoms with Crippen LogP contribution in [-0.4, -0.2) is 83.1 Å². The summed E-state index contributed by atoms with van der Waals surface area (Å²) in [4.78, 5) is 58.8. The van der Waals surface area contributed by atoms with Crippen molar-refractivity contribution in [3.63, 3.8) is 0 Å². The van der Waals surface area contributed by atoms with Crippen LogP contribution in [0.4, 0.5) is 0 Å². The number of carbonyl (C=O) groups excluding carboxylic acids is 3. The molecule has 0 bridgehead atoms.